The predicted octanol–water partition coefficient (Wildman–Crippen LogP) is 0.973. The average molecular weight is 305 g/mol. The molecule has 2 rings (SSSR count). The molecule has 1 aliphatic heterocycles. The Bertz CT molecular complexity index is 487. The molecule has 6 nitrogen and oxygen atoms in total. The van der Waals surface area contributed by atoms with E-state index in [0.717, 1.165) is 18.4 Å². The molecule has 0 spiro atoms. The molecule has 1 N–H and O–H groups in total. The second-order valence-electron chi connectivity index (χ2n) is 5.47. The van der Waals surface area contributed by atoms with Crippen molar-refractivity contribution in [1.29, 1.82) is 0 Å². The third kappa shape index (κ3) is 5.11. The lowest BCUT2D eigenvalue weighted by Crippen LogP contribution is -2.40. The molecule has 0 radical (unpaired) electrons. The maximum absolute atomic E-state index is 12.0. The Kier molecular flexibility index (Phi) is 6.33. The van der Waals surface area contributed by atoms with E-state index in [1.165, 1.54) is 0 Å². The van der Waals surface area contributed by atoms with Gasteiger partial charge in [-0.25, -0.2) is 0 Å². The van der Waals surface area contributed by atoms with Crippen LogP contribution in [0.4, 0.5) is 0 Å². The number of rotatable bonds is 6. The fraction of sp³-hybridized carbons (Fsp3) is 0.562. The largest absolute Gasteiger partial charge is 0.381 e. The molecule has 22 heavy (non-hydrogen) atoms. The van der Waals surface area contributed by atoms with E-state index in [4.69, 9.17) is 4.74 Å². The lowest BCUT2D eigenvalue weighted by molar-refractivity contribution is -0.131. The number of carbonyl (C=O) groups is 2. The minimum atomic E-state index is -0.00266. The van der Waals surface area contributed by atoms with E-state index >= 15 is 0 Å². The van der Waals surface area contributed by atoms with Gasteiger partial charge in [0.25, 0.3) is 0 Å². The Labute approximate surface area is 130 Å². The molecule has 0 aromatic carbocycles. The minimum Gasteiger partial charge on any atom is -0.381 e. The molecule has 0 atom stereocenters. The first-order valence-electron chi connectivity index (χ1n) is 7.66. The second kappa shape index (κ2) is 8.48. The quantitative estimate of drug-likeness (QED) is 0.850. The highest BCUT2D eigenvalue weighted by Crippen LogP contribution is 2.14. The van der Waals surface area contributed by atoms with E-state index < -0.39 is 0 Å². The molecule has 1 aromatic rings. The van der Waals surface area contributed by atoms with Crippen molar-refractivity contribution in [3.05, 3.63) is 30.1 Å². The molecule has 1 fully saturated rings. The Balaban J connectivity index is 1.77. The van der Waals surface area contributed by atoms with Gasteiger partial charge in [-0.1, -0.05) is 0 Å². The molecule has 1 aromatic heterocycles. The lowest BCUT2D eigenvalue weighted by atomic mass is 9.99. The average Bonchev–Trinajstić information content (AvgIpc) is 2.55. The van der Waals surface area contributed by atoms with Crippen molar-refractivity contribution in [2.45, 2.75) is 26.3 Å². The van der Waals surface area contributed by atoms with Gasteiger partial charge in [0, 0.05) is 58.1 Å². The Hall–Kier alpha value is -1.95. The summed E-state index contributed by atoms with van der Waals surface area (Å²) in [5.41, 5.74) is 1.03. The van der Waals surface area contributed by atoms with Crippen molar-refractivity contribution in [3.63, 3.8) is 0 Å². The van der Waals surface area contributed by atoms with Gasteiger partial charge in [0.2, 0.25) is 11.8 Å². The van der Waals surface area contributed by atoms with E-state index in [2.05, 4.69) is 10.3 Å². The van der Waals surface area contributed by atoms with Gasteiger partial charge in [-0.2, -0.15) is 0 Å². The normalized spacial score (nSPS) is 15.3. The standard InChI is InChI=1S/C16H23N3O3/c1-13(20)19(12-14-2-6-17-7-3-14)9-8-18-16(21)15-4-10-22-11-5-15/h2-3,6-7,15H,4-5,8-12H2,1H3,(H,18,21). The summed E-state index contributed by atoms with van der Waals surface area (Å²) in [5, 5.41) is 2.92. The number of amides is 2. The van der Waals surface area contributed by atoms with Crippen LogP contribution >= 0.6 is 0 Å². The molecule has 0 unspecified atom stereocenters. The monoisotopic (exact) mass is 305 g/mol. The molecular formula is C16H23N3O3. The van der Waals surface area contributed by atoms with E-state index in [-0.39, 0.29) is 17.7 Å². The van der Waals surface area contributed by atoms with Crippen LogP contribution in [-0.4, -0.2) is 48.0 Å². The molecule has 2 amide bonds. The summed E-state index contributed by atoms with van der Waals surface area (Å²) in [6, 6.07) is 3.77. The van der Waals surface area contributed by atoms with Crippen LogP contribution in [0, 0.1) is 5.92 Å². The molecular weight excluding hydrogens is 282 g/mol. The summed E-state index contributed by atoms with van der Waals surface area (Å²) in [7, 11) is 0. The summed E-state index contributed by atoms with van der Waals surface area (Å²) in [6.45, 7) is 4.36. The summed E-state index contributed by atoms with van der Waals surface area (Å²) >= 11 is 0. The van der Waals surface area contributed by atoms with E-state index in [1.807, 2.05) is 12.1 Å². The number of pyridine rings is 1. The van der Waals surface area contributed by atoms with Crippen molar-refractivity contribution in [2.75, 3.05) is 26.3 Å². The molecule has 6 heteroatoms. The lowest BCUT2D eigenvalue weighted by Gasteiger charge is -2.24. The van der Waals surface area contributed by atoms with Gasteiger partial charge < -0.3 is 15.0 Å². The molecule has 120 valence electrons. The van der Waals surface area contributed by atoms with Crippen LogP contribution in [0.25, 0.3) is 0 Å². The fourth-order valence-corrected chi connectivity index (χ4v) is 2.47. The minimum absolute atomic E-state index is 0.00266. The summed E-state index contributed by atoms with van der Waals surface area (Å²) in [4.78, 5) is 29.4. The van der Waals surface area contributed by atoms with Crippen LogP contribution < -0.4 is 5.32 Å². The number of hydrogen-bond acceptors (Lipinski definition) is 4. The van der Waals surface area contributed by atoms with Crippen LogP contribution in [0.1, 0.15) is 25.3 Å². The van der Waals surface area contributed by atoms with Gasteiger partial charge in [-0.15, -0.1) is 0 Å². The van der Waals surface area contributed by atoms with E-state index in [9.17, 15) is 9.59 Å². The van der Waals surface area contributed by atoms with Crippen molar-refractivity contribution < 1.29 is 14.3 Å². The number of nitrogens with zero attached hydrogens (tertiary/aromatic N) is 2. The maximum atomic E-state index is 12.0. The molecule has 0 saturated carbocycles. The third-order valence-electron chi connectivity index (χ3n) is 3.84. The predicted molar refractivity (Wildman–Crippen MR) is 81.9 cm³/mol. The first-order chi connectivity index (χ1) is 10.7. The van der Waals surface area contributed by atoms with Gasteiger partial charge in [-0.05, 0) is 30.5 Å². The van der Waals surface area contributed by atoms with Gasteiger partial charge in [0.05, 0.1) is 0 Å². The van der Waals surface area contributed by atoms with E-state index in [1.54, 1.807) is 24.2 Å². The van der Waals surface area contributed by atoms with Crippen molar-refractivity contribution in [2.24, 2.45) is 5.92 Å². The maximum Gasteiger partial charge on any atom is 0.223 e. The van der Waals surface area contributed by atoms with Gasteiger partial charge in [0.15, 0.2) is 0 Å². The number of aromatic nitrogens is 1. The van der Waals surface area contributed by atoms with Crippen LogP contribution in [0.5, 0.6) is 0 Å². The number of carbonyl (C=O) groups excluding carboxylic acids is 2. The zero-order valence-electron chi connectivity index (χ0n) is 13.0. The van der Waals surface area contributed by atoms with Crippen molar-refractivity contribution in [3.8, 4) is 0 Å². The summed E-state index contributed by atoms with van der Waals surface area (Å²) in [6.07, 6.45) is 4.97. The molecule has 0 aliphatic carbocycles. The SMILES string of the molecule is CC(=O)N(CCNC(=O)C1CCOCC1)Cc1ccncc1. The first kappa shape index (κ1) is 16.4. The number of hydrogen-bond donors (Lipinski definition) is 1. The highest BCUT2D eigenvalue weighted by atomic mass is 16.5. The van der Waals surface area contributed by atoms with Gasteiger partial charge in [-0.3, -0.25) is 14.6 Å². The topological polar surface area (TPSA) is 71.5 Å². The number of ether oxygens (including phenoxy) is 1. The van der Waals surface area contributed by atoms with Crippen molar-refractivity contribution >= 4 is 11.8 Å². The molecule has 2 heterocycles. The molecule has 0 bridgehead atoms. The zero-order valence-corrected chi connectivity index (χ0v) is 13.0. The van der Waals surface area contributed by atoms with Gasteiger partial charge in [0.1, 0.15) is 0 Å². The highest BCUT2D eigenvalue weighted by molar-refractivity contribution is 5.78. The smallest absolute Gasteiger partial charge is 0.223 e. The van der Waals surface area contributed by atoms with Crippen LogP contribution in [0.2, 0.25) is 0 Å². The number of nitrogens with one attached hydrogen (secondary N) is 1. The molecule has 1 aliphatic rings. The van der Waals surface area contributed by atoms with E-state index in [0.29, 0.717) is 32.8 Å². The van der Waals surface area contributed by atoms with Crippen LogP contribution in [0.3, 0.4) is 0 Å². The van der Waals surface area contributed by atoms with Gasteiger partial charge >= 0.3 is 0 Å². The van der Waals surface area contributed by atoms with Crippen LogP contribution in [-0.2, 0) is 20.9 Å². The second-order valence-corrected chi connectivity index (χ2v) is 5.47. The first-order valence-corrected chi connectivity index (χ1v) is 7.66. The highest BCUT2D eigenvalue weighted by Gasteiger charge is 2.21. The summed E-state index contributed by atoms with van der Waals surface area (Å²) < 4.78 is 5.25. The summed E-state index contributed by atoms with van der Waals surface area (Å²) in [5.74, 6) is 0.104. The Morgan fingerprint density at radius 1 is 1.32 bits per heavy atom. The van der Waals surface area contributed by atoms with Crippen molar-refractivity contribution in [1.82, 2.24) is 15.2 Å². The zero-order chi connectivity index (χ0) is 15.8. The third-order valence-corrected chi connectivity index (χ3v) is 3.84. The van der Waals surface area contributed by atoms with Crippen LogP contribution in [0.15, 0.2) is 24.5 Å². The molecule has 1 saturated heterocycles. The Morgan fingerprint density at radius 2 is 2.00 bits per heavy atom. The fourth-order valence-electron chi connectivity index (χ4n) is 2.47. The Morgan fingerprint density at radius 3 is 2.64 bits per heavy atom.